The lowest BCUT2D eigenvalue weighted by atomic mass is 10.0. The second-order valence-corrected chi connectivity index (χ2v) is 4.08. The lowest BCUT2D eigenvalue weighted by molar-refractivity contribution is -0.146. The van der Waals surface area contributed by atoms with E-state index in [9.17, 15) is 4.79 Å². The van der Waals surface area contributed by atoms with Crippen LogP contribution in [0, 0.1) is 11.3 Å². The number of aliphatic imine (C=N–C) groups is 1. The first-order chi connectivity index (χ1) is 9.71. The zero-order valence-corrected chi connectivity index (χ0v) is 11.2. The van der Waals surface area contributed by atoms with E-state index in [2.05, 4.69) is 4.99 Å². The van der Waals surface area contributed by atoms with Crippen LogP contribution in [0.15, 0.2) is 23.2 Å². The van der Waals surface area contributed by atoms with Crippen molar-refractivity contribution in [3.8, 4) is 11.8 Å². The number of nitriles is 1. The van der Waals surface area contributed by atoms with E-state index in [1.165, 1.54) is 13.5 Å². The van der Waals surface area contributed by atoms with Gasteiger partial charge in [-0.2, -0.15) is 5.26 Å². The Balaban J connectivity index is 2.27. The van der Waals surface area contributed by atoms with Crippen molar-refractivity contribution >= 4 is 12.4 Å². The molecule has 0 amide bonds. The Morgan fingerprint density at radius 1 is 1.55 bits per heavy atom. The van der Waals surface area contributed by atoms with Gasteiger partial charge in [0, 0.05) is 0 Å². The minimum Gasteiger partial charge on any atom is -0.495 e. The maximum Gasteiger partial charge on any atom is 0.335 e. The van der Waals surface area contributed by atoms with E-state index in [-0.39, 0.29) is 6.61 Å². The van der Waals surface area contributed by atoms with E-state index in [1.807, 2.05) is 6.07 Å². The fourth-order valence-corrected chi connectivity index (χ4v) is 1.98. The van der Waals surface area contributed by atoms with Crippen LogP contribution in [0.25, 0.3) is 0 Å². The van der Waals surface area contributed by atoms with Crippen LogP contribution in [0.1, 0.15) is 24.2 Å². The Kier molecular flexibility index (Phi) is 4.20. The average Bonchev–Trinajstić information content (AvgIpc) is 2.96. The van der Waals surface area contributed by atoms with Gasteiger partial charge in [-0.15, -0.1) is 0 Å². The molecule has 0 bridgehead atoms. The van der Waals surface area contributed by atoms with E-state index in [4.69, 9.17) is 19.5 Å². The molecule has 0 fully saturated rings. The summed E-state index contributed by atoms with van der Waals surface area (Å²) in [6.45, 7) is 2.01. The van der Waals surface area contributed by atoms with Crippen LogP contribution in [0.3, 0.4) is 0 Å². The molecule has 6 nitrogen and oxygen atoms in total. The lowest BCUT2D eigenvalue weighted by Gasteiger charge is -2.17. The highest BCUT2D eigenvalue weighted by molar-refractivity contribution is 5.80. The number of carbonyl (C=O) groups excluding carboxylic acids is 1. The molecule has 0 saturated heterocycles. The van der Waals surface area contributed by atoms with Crippen molar-refractivity contribution in [2.24, 2.45) is 4.99 Å². The van der Waals surface area contributed by atoms with Gasteiger partial charge in [-0.25, -0.2) is 9.79 Å². The SMILES string of the molecule is CCOC(=O)C1N=COC1c1ccc(OC)c(C#N)c1. The molecule has 2 rings (SSSR count). The largest absolute Gasteiger partial charge is 0.495 e. The molecule has 0 spiro atoms. The molecular formula is C14H14N2O4. The van der Waals surface area contributed by atoms with Gasteiger partial charge >= 0.3 is 5.97 Å². The van der Waals surface area contributed by atoms with Crippen molar-refractivity contribution in [3.05, 3.63) is 29.3 Å². The first-order valence-corrected chi connectivity index (χ1v) is 6.13. The van der Waals surface area contributed by atoms with Gasteiger partial charge in [-0.1, -0.05) is 6.07 Å². The summed E-state index contributed by atoms with van der Waals surface area (Å²) in [5.41, 5.74) is 1.06. The minimum atomic E-state index is -0.741. The second kappa shape index (κ2) is 6.06. The number of esters is 1. The van der Waals surface area contributed by atoms with Crippen LogP contribution < -0.4 is 4.74 Å². The highest BCUT2D eigenvalue weighted by atomic mass is 16.5. The number of hydrogen-bond acceptors (Lipinski definition) is 6. The van der Waals surface area contributed by atoms with Gasteiger partial charge in [0.15, 0.2) is 18.5 Å². The molecule has 104 valence electrons. The summed E-state index contributed by atoms with van der Waals surface area (Å²) < 4.78 is 15.4. The molecule has 2 unspecified atom stereocenters. The van der Waals surface area contributed by atoms with Crippen LogP contribution in [0.4, 0.5) is 0 Å². The summed E-state index contributed by atoms with van der Waals surface area (Å²) in [5, 5.41) is 9.08. The van der Waals surface area contributed by atoms with Crippen molar-refractivity contribution in [2.45, 2.75) is 19.1 Å². The Labute approximate surface area is 116 Å². The molecule has 0 aliphatic carbocycles. The molecule has 0 aromatic heterocycles. The summed E-state index contributed by atoms with van der Waals surface area (Å²) in [6.07, 6.45) is 0.662. The summed E-state index contributed by atoms with van der Waals surface area (Å²) in [6, 6.07) is 6.34. The number of benzene rings is 1. The minimum absolute atomic E-state index is 0.281. The number of carbonyl (C=O) groups is 1. The van der Waals surface area contributed by atoms with Crippen LogP contribution in [0.2, 0.25) is 0 Å². The molecule has 20 heavy (non-hydrogen) atoms. The summed E-state index contributed by atoms with van der Waals surface area (Å²) in [5.74, 6) is 0.0309. The van der Waals surface area contributed by atoms with Crippen molar-refractivity contribution in [2.75, 3.05) is 13.7 Å². The van der Waals surface area contributed by atoms with Crippen molar-refractivity contribution in [1.29, 1.82) is 5.26 Å². The normalized spacial score (nSPS) is 20.1. The Hall–Kier alpha value is -2.55. The van der Waals surface area contributed by atoms with Crippen molar-refractivity contribution < 1.29 is 19.0 Å². The molecule has 1 aromatic carbocycles. The number of rotatable bonds is 4. The van der Waals surface area contributed by atoms with Crippen LogP contribution in [-0.4, -0.2) is 32.1 Å². The standard InChI is InChI=1S/C14H14N2O4/c1-3-19-14(17)12-13(20-8-16-12)9-4-5-11(18-2)10(6-9)7-15/h4-6,8,12-13H,3H2,1-2H3. The highest BCUT2D eigenvalue weighted by Gasteiger charge is 2.35. The van der Waals surface area contributed by atoms with Gasteiger partial charge in [0.05, 0.1) is 19.3 Å². The molecule has 1 aliphatic rings. The third-order valence-electron chi connectivity index (χ3n) is 2.92. The number of nitrogens with zero attached hydrogens (tertiary/aromatic N) is 2. The molecule has 1 aliphatic heterocycles. The number of ether oxygens (including phenoxy) is 3. The molecular weight excluding hydrogens is 260 g/mol. The number of hydrogen-bond donors (Lipinski definition) is 0. The van der Waals surface area contributed by atoms with Crippen LogP contribution >= 0.6 is 0 Å². The topological polar surface area (TPSA) is 80.9 Å². The Bertz CT molecular complexity index is 577. The molecule has 0 N–H and O–H groups in total. The summed E-state index contributed by atoms with van der Waals surface area (Å²) in [7, 11) is 1.49. The van der Waals surface area contributed by atoms with Gasteiger partial charge in [0.25, 0.3) is 0 Å². The average molecular weight is 274 g/mol. The van der Waals surface area contributed by atoms with E-state index >= 15 is 0 Å². The number of methoxy groups -OCH3 is 1. The quantitative estimate of drug-likeness (QED) is 0.779. The molecule has 1 aromatic rings. The lowest BCUT2D eigenvalue weighted by Crippen LogP contribution is -2.26. The maximum atomic E-state index is 11.8. The molecule has 0 saturated carbocycles. The first-order valence-electron chi connectivity index (χ1n) is 6.13. The van der Waals surface area contributed by atoms with Gasteiger partial charge in [-0.3, -0.25) is 0 Å². The summed E-state index contributed by atoms with van der Waals surface area (Å²) >= 11 is 0. The van der Waals surface area contributed by atoms with Crippen LogP contribution in [-0.2, 0) is 14.3 Å². The molecule has 2 atom stereocenters. The van der Waals surface area contributed by atoms with Gasteiger partial charge in [-0.05, 0) is 24.6 Å². The third-order valence-corrected chi connectivity index (χ3v) is 2.92. The zero-order valence-electron chi connectivity index (χ0n) is 11.2. The fraction of sp³-hybridized carbons (Fsp3) is 0.357. The van der Waals surface area contributed by atoms with Gasteiger partial charge in [0.2, 0.25) is 0 Å². The van der Waals surface area contributed by atoms with E-state index < -0.39 is 18.1 Å². The van der Waals surface area contributed by atoms with Crippen LogP contribution in [0.5, 0.6) is 5.75 Å². The fourth-order valence-electron chi connectivity index (χ4n) is 1.98. The van der Waals surface area contributed by atoms with E-state index in [1.54, 1.807) is 25.1 Å². The molecule has 0 radical (unpaired) electrons. The predicted octanol–water partition coefficient (Wildman–Crippen LogP) is 1.60. The molecule has 6 heteroatoms. The molecule has 1 heterocycles. The Morgan fingerprint density at radius 3 is 3.00 bits per heavy atom. The third kappa shape index (κ3) is 2.57. The van der Waals surface area contributed by atoms with Crippen molar-refractivity contribution in [1.82, 2.24) is 0 Å². The second-order valence-electron chi connectivity index (χ2n) is 4.08. The van der Waals surface area contributed by atoms with Gasteiger partial charge < -0.3 is 14.2 Å². The maximum absolute atomic E-state index is 11.8. The van der Waals surface area contributed by atoms with E-state index in [0.717, 1.165) is 0 Å². The summed E-state index contributed by atoms with van der Waals surface area (Å²) in [4.78, 5) is 15.8. The van der Waals surface area contributed by atoms with Crippen molar-refractivity contribution in [3.63, 3.8) is 0 Å². The highest BCUT2D eigenvalue weighted by Crippen LogP contribution is 2.30. The van der Waals surface area contributed by atoms with E-state index in [0.29, 0.717) is 16.9 Å². The smallest absolute Gasteiger partial charge is 0.335 e. The first kappa shape index (κ1) is 13.9. The predicted molar refractivity (Wildman–Crippen MR) is 70.4 cm³/mol. The zero-order chi connectivity index (χ0) is 14.5. The Morgan fingerprint density at radius 2 is 2.35 bits per heavy atom. The van der Waals surface area contributed by atoms with Gasteiger partial charge in [0.1, 0.15) is 11.8 Å². The monoisotopic (exact) mass is 274 g/mol.